The summed E-state index contributed by atoms with van der Waals surface area (Å²) in [6, 6.07) is 0. The molecule has 2 N–H and O–H groups in total. The van der Waals surface area contributed by atoms with E-state index in [0.29, 0.717) is 5.92 Å². The van der Waals surface area contributed by atoms with Crippen molar-refractivity contribution in [1.82, 2.24) is 0 Å². The smallest absolute Gasteiger partial charge is 0.0464 e. The Labute approximate surface area is 66.6 Å². The normalized spacial score (nSPS) is 13.5. The van der Waals surface area contributed by atoms with E-state index in [4.69, 9.17) is 10.2 Å². The van der Waals surface area contributed by atoms with E-state index in [1.165, 1.54) is 0 Å². The van der Waals surface area contributed by atoms with E-state index in [9.17, 15) is 0 Å². The molecule has 0 heterocycles. The van der Waals surface area contributed by atoms with Gasteiger partial charge in [0, 0.05) is 13.2 Å². The molecule has 0 rings (SSSR count). The van der Waals surface area contributed by atoms with Gasteiger partial charge in [-0.25, -0.2) is 0 Å². The van der Waals surface area contributed by atoms with Gasteiger partial charge in [0.05, 0.1) is 0 Å². The van der Waals surface area contributed by atoms with Crippen molar-refractivity contribution in [3.05, 3.63) is 0 Å². The molecule has 0 aromatic rings. The van der Waals surface area contributed by atoms with Gasteiger partial charge in [-0.2, -0.15) is 11.8 Å². The Morgan fingerprint density at radius 2 is 2.10 bits per heavy atom. The molecule has 0 aliphatic carbocycles. The van der Waals surface area contributed by atoms with Crippen LogP contribution in [0.1, 0.15) is 13.3 Å². The molecule has 0 spiro atoms. The maximum absolute atomic E-state index is 8.63. The molecule has 0 radical (unpaired) electrons. The molecule has 3 heteroatoms. The van der Waals surface area contributed by atoms with E-state index in [-0.39, 0.29) is 13.2 Å². The summed E-state index contributed by atoms with van der Waals surface area (Å²) in [6.45, 7) is 2.57. The highest BCUT2D eigenvalue weighted by Gasteiger charge is 1.98. The van der Waals surface area contributed by atoms with Gasteiger partial charge in [-0.05, 0) is 23.8 Å². The Hall–Kier alpha value is 0.270. The zero-order valence-electron chi connectivity index (χ0n) is 6.42. The fourth-order valence-electron chi connectivity index (χ4n) is 0.504. The highest BCUT2D eigenvalue weighted by molar-refractivity contribution is 7.99. The van der Waals surface area contributed by atoms with Crippen molar-refractivity contribution in [3.63, 3.8) is 0 Å². The van der Waals surface area contributed by atoms with E-state index < -0.39 is 0 Å². The summed E-state index contributed by atoms with van der Waals surface area (Å²) < 4.78 is 0. The quantitative estimate of drug-likeness (QED) is 0.569. The molecular weight excluding hydrogens is 148 g/mol. The molecule has 0 fully saturated rings. The lowest BCUT2D eigenvalue weighted by atomic mass is 10.2. The summed E-state index contributed by atoms with van der Waals surface area (Å²) in [5.41, 5.74) is 0. The fraction of sp³-hybridized carbons (Fsp3) is 1.00. The van der Waals surface area contributed by atoms with E-state index in [2.05, 4.69) is 0 Å². The zero-order valence-corrected chi connectivity index (χ0v) is 7.23. The van der Waals surface area contributed by atoms with Gasteiger partial charge in [-0.3, -0.25) is 0 Å². The largest absolute Gasteiger partial charge is 0.396 e. The molecule has 0 bridgehead atoms. The summed E-state index contributed by atoms with van der Waals surface area (Å²) in [6.07, 6.45) is 0.864. The van der Waals surface area contributed by atoms with Crippen LogP contribution in [0.4, 0.5) is 0 Å². The molecule has 10 heavy (non-hydrogen) atoms. The Morgan fingerprint density at radius 1 is 1.40 bits per heavy atom. The number of aliphatic hydroxyl groups excluding tert-OH is 2. The fourth-order valence-corrected chi connectivity index (χ4v) is 1.51. The van der Waals surface area contributed by atoms with Crippen molar-refractivity contribution >= 4 is 11.8 Å². The highest BCUT2D eigenvalue weighted by atomic mass is 32.2. The molecular formula is C7H16O2S. The first-order valence-electron chi connectivity index (χ1n) is 3.60. The van der Waals surface area contributed by atoms with Crippen molar-refractivity contribution < 1.29 is 10.2 Å². The standard InChI is InChI=1S/C7H16O2S/c1-7(5-9)6-10-4-2-3-8/h7-9H,2-6H2,1H3. The van der Waals surface area contributed by atoms with E-state index in [1.54, 1.807) is 11.8 Å². The van der Waals surface area contributed by atoms with Gasteiger partial charge in [0.25, 0.3) is 0 Å². The lowest BCUT2D eigenvalue weighted by molar-refractivity contribution is 0.250. The Balaban J connectivity index is 2.89. The summed E-state index contributed by atoms with van der Waals surface area (Å²) in [5.74, 6) is 2.39. The van der Waals surface area contributed by atoms with E-state index in [1.807, 2.05) is 6.92 Å². The molecule has 1 unspecified atom stereocenters. The molecule has 0 aliphatic heterocycles. The second-order valence-corrected chi connectivity index (χ2v) is 3.59. The predicted molar refractivity (Wildman–Crippen MR) is 45.3 cm³/mol. The second kappa shape index (κ2) is 7.38. The van der Waals surface area contributed by atoms with Crippen molar-refractivity contribution in [2.24, 2.45) is 5.92 Å². The predicted octanol–water partition coefficient (Wildman–Crippen LogP) is 0.730. The Bertz CT molecular complexity index is 68.6. The van der Waals surface area contributed by atoms with Crippen LogP contribution in [-0.2, 0) is 0 Å². The lowest BCUT2D eigenvalue weighted by Crippen LogP contribution is -2.04. The molecule has 0 aromatic heterocycles. The van der Waals surface area contributed by atoms with Crippen LogP contribution in [-0.4, -0.2) is 34.9 Å². The van der Waals surface area contributed by atoms with Crippen molar-refractivity contribution in [1.29, 1.82) is 0 Å². The molecule has 2 nitrogen and oxygen atoms in total. The summed E-state index contributed by atoms with van der Waals surface area (Å²) in [4.78, 5) is 0. The number of aliphatic hydroxyl groups is 2. The lowest BCUT2D eigenvalue weighted by Gasteiger charge is -2.05. The van der Waals surface area contributed by atoms with Crippen LogP contribution in [0.2, 0.25) is 0 Å². The first-order valence-corrected chi connectivity index (χ1v) is 4.76. The van der Waals surface area contributed by atoms with Crippen LogP contribution in [0.5, 0.6) is 0 Å². The first kappa shape index (κ1) is 10.3. The third kappa shape index (κ3) is 6.39. The monoisotopic (exact) mass is 164 g/mol. The minimum absolute atomic E-state index is 0.270. The Kier molecular flexibility index (Phi) is 7.58. The number of thioether (sulfide) groups is 1. The number of hydrogen-bond acceptors (Lipinski definition) is 3. The average Bonchev–Trinajstić information content (AvgIpc) is 1.98. The van der Waals surface area contributed by atoms with Gasteiger partial charge in [0.1, 0.15) is 0 Å². The minimum atomic E-state index is 0.270. The SMILES string of the molecule is CC(CO)CSCCCO. The number of hydrogen-bond donors (Lipinski definition) is 2. The van der Waals surface area contributed by atoms with Gasteiger partial charge in [-0.15, -0.1) is 0 Å². The Morgan fingerprint density at radius 3 is 2.60 bits per heavy atom. The van der Waals surface area contributed by atoms with Gasteiger partial charge in [0.15, 0.2) is 0 Å². The molecule has 1 atom stereocenters. The third-order valence-corrected chi connectivity index (χ3v) is 2.54. The topological polar surface area (TPSA) is 40.5 Å². The van der Waals surface area contributed by atoms with Gasteiger partial charge in [0.2, 0.25) is 0 Å². The number of rotatable bonds is 6. The van der Waals surface area contributed by atoms with Crippen LogP contribution in [0, 0.1) is 5.92 Å². The second-order valence-electron chi connectivity index (χ2n) is 2.44. The van der Waals surface area contributed by atoms with Crippen LogP contribution in [0.3, 0.4) is 0 Å². The molecule has 62 valence electrons. The zero-order chi connectivity index (χ0) is 7.82. The maximum Gasteiger partial charge on any atom is 0.0464 e. The molecule has 0 aliphatic rings. The highest BCUT2D eigenvalue weighted by Crippen LogP contribution is 2.08. The van der Waals surface area contributed by atoms with Crippen LogP contribution in [0.25, 0.3) is 0 Å². The summed E-state index contributed by atoms with van der Waals surface area (Å²) in [7, 11) is 0. The van der Waals surface area contributed by atoms with Gasteiger partial charge >= 0.3 is 0 Å². The molecule has 0 saturated heterocycles. The van der Waals surface area contributed by atoms with Crippen molar-refractivity contribution in [3.8, 4) is 0 Å². The van der Waals surface area contributed by atoms with Crippen molar-refractivity contribution in [2.75, 3.05) is 24.7 Å². The van der Waals surface area contributed by atoms with Crippen molar-refractivity contribution in [2.45, 2.75) is 13.3 Å². The van der Waals surface area contributed by atoms with E-state index in [0.717, 1.165) is 17.9 Å². The maximum atomic E-state index is 8.63. The van der Waals surface area contributed by atoms with Crippen LogP contribution < -0.4 is 0 Å². The van der Waals surface area contributed by atoms with Gasteiger partial charge < -0.3 is 10.2 Å². The average molecular weight is 164 g/mol. The first-order chi connectivity index (χ1) is 4.81. The molecule has 0 aromatic carbocycles. The van der Waals surface area contributed by atoms with Crippen LogP contribution >= 0.6 is 11.8 Å². The minimum Gasteiger partial charge on any atom is -0.396 e. The molecule has 0 amide bonds. The third-order valence-electron chi connectivity index (χ3n) is 1.16. The van der Waals surface area contributed by atoms with E-state index >= 15 is 0 Å². The van der Waals surface area contributed by atoms with Gasteiger partial charge in [-0.1, -0.05) is 6.92 Å². The molecule has 0 saturated carbocycles. The summed E-state index contributed by atoms with van der Waals surface area (Å²) >= 11 is 1.79. The summed E-state index contributed by atoms with van der Waals surface area (Å²) in [5, 5.41) is 17.1. The van der Waals surface area contributed by atoms with Crippen LogP contribution in [0.15, 0.2) is 0 Å².